The fourth-order valence-corrected chi connectivity index (χ4v) is 3.87. The van der Waals surface area contributed by atoms with Crippen molar-refractivity contribution in [3.05, 3.63) is 35.9 Å². The van der Waals surface area contributed by atoms with Gasteiger partial charge in [-0.3, -0.25) is 4.90 Å². The highest BCUT2D eigenvalue weighted by molar-refractivity contribution is 6.21. The second-order valence-electron chi connectivity index (χ2n) is 8.43. The number of rotatable bonds is 5. The Morgan fingerprint density at radius 3 is 2.57 bits per heavy atom. The van der Waals surface area contributed by atoms with Gasteiger partial charge in [-0.05, 0) is 45.1 Å². The molecule has 0 fully saturated rings. The van der Waals surface area contributed by atoms with E-state index in [1.165, 1.54) is 0 Å². The summed E-state index contributed by atoms with van der Waals surface area (Å²) in [4.78, 5) is 14.6. The van der Waals surface area contributed by atoms with E-state index in [0.29, 0.717) is 13.2 Å². The number of unbranched alkanes of at least 4 members (excludes halogenated alkanes) is 1. The van der Waals surface area contributed by atoms with Crippen LogP contribution in [0.2, 0.25) is 0 Å². The van der Waals surface area contributed by atoms with E-state index >= 15 is 0 Å². The first-order chi connectivity index (χ1) is 13.2. The Kier molecular flexibility index (Phi) is 6.09. The zero-order chi connectivity index (χ0) is 20.5. The van der Waals surface area contributed by atoms with E-state index in [1.807, 2.05) is 45.9 Å². The highest BCUT2D eigenvalue weighted by atomic mass is 35.5. The summed E-state index contributed by atoms with van der Waals surface area (Å²) in [6.07, 6.45) is 1.71. The molecule has 0 radical (unpaired) electrons. The maximum absolute atomic E-state index is 12.9. The Bertz CT molecular complexity index is 857. The summed E-state index contributed by atoms with van der Waals surface area (Å²) in [5.41, 5.74) is 1.39. The van der Waals surface area contributed by atoms with Crippen LogP contribution >= 0.6 is 11.6 Å². The minimum absolute atomic E-state index is 0.0405. The van der Waals surface area contributed by atoms with Crippen LogP contribution in [0.25, 0.3) is 10.8 Å². The van der Waals surface area contributed by atoms with Crippen molar-refractivity contribution < 1.29 is 14.3 Å². The number of ether oxygens (including phenoxy) is 2. The molecule has 2 aromatic carbocycles. The first-order valence-corrected chi connectivity index (χ1v) is 10.5. The number of halogens is 1. The number of benzene rings is 2. The lowest BCUT2D eigenvalue weighted by Crippen LogP contribution is -2.36. The molecule has 1 heterocycles. The molecule has 0 bridgehead atoms. The normalized spacial score (nSPS) is 17.5. The van der Waals surface area contributed by atoms with Gasteiger partial charge in [-0.15, -0.1) is 11.6 Å². The Balaban J connectivity index is 2.12. The van der Waals surface area contributed by atoms with Gasteiger partial charge in [0.2, 0.25) is 0 Å². The van der Waals surface area contributed by atoms with E-state index < -0.39 is 5.60 Å². The molecule has 0 N–H and O–H groups in total. The van der Waals surface area contributed by atoms with E-state index in [4.69, 9.17) is 21.1 Å². The molecule has 1 aliphatic rings. The van der Waals surface area contributed by atoms with E-state index in [9.17, 15) is 4.79 Å². The number of hydrogen-bond acceptors (Lipinski definition) is 3. The van der Waals surface area contributed by atoms with Gasteiger partial charge in [0.25, 0.3) is 0 Å². The summed E-state index contributed by atoms with van der Waals surface area (Å²) in [6, 6.07) is 10.2. The first kappa shape index (κ1) is 20.8. The number of hydrogen-bond donors (Lipinski definition) is 0. The summed E-state index contributed by atoms with van der Waals surface area (Å²) in [5.74, 6) is 0.845. The summed E-state index contributed by atoms with van der Waals surface area (Å²) in [5, 5.41) is 2.04. The van der Waals surface area contributed by atoms with Gasteiger partial charge in [-0.25, -0.2) is 4.79 Å². The summed E-state index contributed by atoms with van der Waals surface area (Å²) < 4.78 is 11.8. The average molecular weight is 404 g/mol. The molecule has 2 atom stereocenters. The second kappa shape index (κ2) is 8.20. The minimum Gasteiger partial charge on any atom is -0.493 e. The molecule has 0 spiro atoms. The molecule has 0 saturated heterocycles. The quantitative estimate of drug-likeness (QED) is 0.423. The van der Waals surface area contributed by atoms with Crippen LogP contribution in [0.15, 0.2) is 30.3 Å². The van der Waals surface area contributed by atoms with Crippen LogP contribution in [-0.4, -0.2) is 30.2 Å². The Morgan fingerprint density at radius 1 is 1.29 bits per heavy atom. The smallest absolute Gasteiger partial charge is 0.414 e. The molecule has 2 aromatic rings. The number of carbonyl (C=O) groups excluding carboxylic acids is 1. The van der Waals surface area contributed by atoms with Crippen molar-refractivity contribution in [3.63, 3.8) is 0 Å². The fourth-order valence-electron chi connectivity index (χ4n) is 3.66. The van der Waals surface area contributed by atoms with E-state index in [2.05, 4.69) is 19.1 Å². The number of carbonyl (C=O) groups is 1. The molecule has 1 aliphatic heterocycles. The topological polar surface area (TPSA) is 38.8 Å². The highest BCUT2D eigenvalue weighted by Crippen LogP contribution is 2.47. The van der Waals surface area contributed by atoms with E-state index in [0.717, 1.165) is 40.6 Å². The third-order valence-corrected chi connectivity index (χ3v) is 5.30. The van der Waals surface area contributed by atoms with Crippen molar-refractivity contribution >= 4 is 34.2 Å². The second-order valence-corrected chi connectivity index (χ2v) is 9.12. The molecule has 5 heteroatoms. The lowest BCUT2D eigenvalue weighted by atomic mass is 9.92. The maximum Gasteiger partial charge on any atom is 0.414 e. The Hall–Kier alpha value is -1.94. The highest BCUT2D eigenvalue weighted by Gasteiger charge is 2.38. The molecule has 0 unspecified atom stereocenters. The lowest BCUT2D eigenvalue weighted by molar-refractivity contribution is 0.0582. The van der Waals surface area contributed by atoms with Crippen molar-refractivity contribution in [2.24, 2.45) is 0 Å². The Morgan fingerprint density at radius 2 is 1.96 bits per heavy atom. The third kappa shape index (κ3) is 4.22. The standard InChI is InChI=1S/C23H30ClNO3/c1-6-7-12-27-20-13-19-21(17-11-9-8-10-16(17)20)18(15(2)24)14-25(19)22(26)28-23(3,4)5/h8-11,13,15,18H,6-7,12,14H2,1-5H3/t15-,18+/m1/s1. The van der Waals surface area contributed by atoms with Gasteiger partial charge in [-0.1, -0.05) is 37.6 Å². The van der Waals surface area contributed by atoms with Crippen molar-refractivity contribution in [1.82, 2.24) is 0 Å². The van der Waals surface area contributed by atoms with Crippen molar-refractivity contribution in [1.29, 1.82) is 0 Å². The summed E-state index contributed by atoms with van der Waals surface area (Å²) >= 11 is 6.55. The predicted octanol–water partition coefficient (Wildman–Crippen LogP) is 6.48. The van der Waals surface area contributed by atoms with E-state index in [-0.39, 0.29) is 17.4 Å². The molecule has 152 valence electrons. The largest absolute Gasteiger partial charge is 0.493 e. The molecule has 0 saturated carbocycles. The molecular formula is C23H30ClNO3. The zero-order valence-corrected chi connectivity index (χ0v) is 18.2. The van der Waals surface area contributed by atoms with Crippen LogP contribution in [0.3, 0.4) is 0 Å². The van der Waals surface area contributed by atoms with E-state index in [1.54, 1.807) is 4.90 Å². The van der Waals surface area contributed by atoms with Crippen LogP contribution in [0, 0.1) is 0 Å². The van der Waals surface area contributed by atoms with Crippen LogP contribution < -0.4 is 9.64 Å². The Labute approximate surface area is 172 Å². The monoisotopic (exact) mass is 403 g/mol. The van der Waals surface area contributed by atoms with Crippen LogP contribution in [0.4, 0.5) is 10.5 Å². The van der Waals surface area contributed by atoms with Crippen LogP contribution in [-0.2, 0) is 4.74 Å². The molecule has 0 aliphatic carbocycles. The van der Waals surface area contributed by atoms with Gasteiger partial charge in [0, 0.05) is 29.3 Å². The summed E-state index contributed by atoms with van der Waals surface area (Å²) in [6.45, 7) is 10.9. The molecular weight excluding hydrogens is 374 g/mol. The van der Waals surface area contributed by atoms with Crippen LogP contribution in [0.5, 0.6) is 5.75 Å². The number of amides is 1. The van der Waals surface area contributed by atoms with Gasteiger partial charge in [-0.2, -0.15) is 0 Å². The molecule has 0 aromatic heterocycles. The molecule has 28 heavy (non-hydrogen) atoms. The summed E-state index contributed by atoms with van der Waals surface area (Å²) in [7, 11) is 0. The SMILES string of the molecule is CCCCOc1cc2c(c3ccccc13)[C@H]([C@@H](C)Cl)CN2C(=O)OC(C)(C)C. The minimum atomic E-state index is -0.556. The van der Waals surface area contributed by atoms with Crippen molar-refractivity contribution in [2.75, 3.05) is 18.1 Å². The van der Waals surface area contributed by atoms with Gasteiger partial charge in [0.15, 0.2) is 0 Å². The average Bonchev–Trinajstić information content (AvgIpc) is 3.00. The van der Waals surface area contributed by atoms with Crippen LogP contribution in [0.1, 0.15) is 58.9 Å². The fraction of sp³-hybridized carbons (Fsp3) is 0.522. The van der Waals surface area contributed by atoms with Crippen molar-refractivity contribution in [3.8, 4) is 5.75 Å². The number of fused-ring (bicyclic) bond motifs is 3. The van der Waals surface area contributed by atoms with Crippen molar-refractivity contribution in [2.45, 2.75) is 64.4 Å². The predicted molar refractivity (Wildman–Crippen MR) is 116 cm³/mol. The van der Waals surface area contributed by atoms with Gasteiger partial charge < -0.3 is 9.47 Å². The number of nitrogens with zero attached hydrogens (tertiary/aromatic N) is 1. The molecule has 1 amide bonds. The zero-order valence-electron chi connectivity index (χ0n) is 17.4. The lowest BCUT2D eigenvalue weighted by Gasteiger charge is -2.25. The maximum atomic E-state index is 12.9. The number of alkyl halides is 1. The third-order valence-electron chi connectivity index (χ3n) is 4.99. The van der Waals surface area contributed by atoms with Gasteiger partial charge >= 0.3 is 6.09 Å². The molecule has 3 rings (SSSR count). The molecule has 4 nitrogen and oxygen atoms in total. The number of anilines is 1. The first-order valence-electron chi connectivity index (χ1n) is 10.1. The van der Waals surface area contributed by atoms with Gasteiger partial charge in [0.05, 0.1) is 12.3 Å². The van der Waals surface area contributed by atoms with Gasteiger partial charge in [0.1, 0.15) is 11.4 Å².